The fourth-order valence-corrected chi connectivity index (χ4v) is 3.61. The largest absolute Gasteiger partial charge is 0.350 e. The molecule has 24 heavy (non-hydrogen) atoms. The molecule has 0 bridgehead atoms. The van der Waals surface area contributed by atoms with Crippen LogP contribution < -0.4 is 10.6 Å². The number of nitrogens with zero attached hydrogens (tertiary/aromatic N) is 5. The Morgan fingerprint density at radius 3 is 2.92 bits per heavy atom. The van der Waals surface area contributed by atoms with Crippen molar-refractivity contribution in [2.45, 2.75) is 58.7 Å². The van der Waals surface area contributed by atoms with E-state index < -0.39 is 0 Å². The van der Waals surface area contributed by atoms with Crippen molar-refractivity contribution in [1.29, 1.82) is 0 Å². The van der Waals surface area contributed by atoms with Crippen molar-refractivity contribution in [3.63, 3.8) is 0 Å². The maximum atomic E-state index is 4.42. The van der Waals surface area contributed by atoms with Gasteiger partial charge >= 0.3 is 0 Å². The summed E-state index contributed by atoms with van der Waals surface area (Å²) in [5.74, 6) is 2.86. The summed E-state index contributed by atoms with van der Waals surface area (Å²) in [6.07, 6.45) is 7.69. The number of rotatable bonds is 5. The standard InChI is InChI=1S/C16H25N7S/c1-3-12-9-18-15(24-12)11-20-16(17-2)19-10-14-22-21-13-7-5-4-6-8-23(13)14/h9H,3-8,10-11H2,1-2H3,(H2,17,19,20). The zero-order chi connectivity index (χ0) is 16.8. The second-order valence-electron chi connectivity index (χ2n) is 5.85. The molecule has 0 fully saturated rings. The van der Waals surface area contributed by atoms with Gasteiger partial charge in [0.2, 0.25) is 0 Å². The molecule has 0 aliphatic carbocycles. The van der Waals surface area contributed by atoms with Crippen LogP contribution in [0.2, 0.25) is 0 Å². The van der Waals surface area contributed by atoms with E-state index in [0.29, 0.717) is 13.1 Å². The van der Waals surface area contributed by atoms with Gasteiger partial charge in [0.1, 0.15) is 10.8 Å². The number of thiazole rings is 1. The van der Waals surface area contributed by atoms with Crippen molar-refractivity contribution in [2.24, 2.45) is 4.99 Å². The molecule has 0 amide bonds. The minimum Gasteiger partial charge on any atom is -0.350 e. The first-order valence-corrected chi connectivity index (χ1v) is 9.41. The van der Waals surface area contributed by atoms with Gasteiger partial charge in [-0.1, -0.05) is 13.3 Å². The third-order valence-electron chi connectivity index (χ3n) is 4.18. The Morgan fingerprint density at radius 2 is 2.12 bits per heavy atom. The predicted octanol–water partition coefficient (Wildman–Crippen LogP) is 1.89. The molecule has 2 N–H and O–H groups in total. The Balaban J connectivity index is 1.53. The highest BCUT2D eigenvalue weighted by molar-refractivity contribution is 7.11. The van der Waals surface area contributed by atoms with Crippen LogP contribution in [-0.4, -0.2) is 32.8 Å². The van der Waals surface area contributed by atoms with E-state index in [4.69, 9.17) is 0 Å². The molecule has 3 rings (SSSR count). The maximum absolute atomic E-state index is 4.42. The Hall–Kier alpha value is -1.96. The highest BCUT2D eigenvalue weighted by Gasteiger charge is 2.14. The van der Waals surface area contributed by atoms with Crippen molar-refractivity contribution < 1.29 is 0 Å². The van der Waals surface area contributed by atoms with E-state index in [1.165, 1.54) is 24.1 Å². The molecule has 0 aromatic carbocycles. The smallest absolute Gasteiger partial charge is 0.191 e. The molecule has 0 atom stereocenters. The molecule has 7 nitrogen and oxygen atoms in total. The lowest BCUT2D eigenvalue weighted by Gasteiger charge is -2.12. The summed E-state index contributed by atoms with van der Waals surface area (Å²) in [6, 6.07) is 0. The summed E-state index contributed by atoms with van der Waals surface area (Å²) in [6.45, 7) is 4.48. The fourth-order valence-electron chi connectivity index (χ4n) is 2.81. The van der Waals surface area contributed by atoms with Crippen molar-refractivity contribution in [1.82, 2.24) is 30.4 Å². The summed E-state index contributed by atoms with van der Waals surface area (Å²) in [5.41, 5.74) is 0. The van der Waals surface area contributed by atoms with Gasteiger partial charge in [-0.15, -0.1) is 21.5 Å². The third-order valence-corrected chi connectivity index (χ3v) is 5.32. The van der Waals surface area contributed by atoms with Gasteiger partial charge in [0.15, 0.2) is 11.8 Å². The van der Waals surface area contributed by atoms with Crippen LogP contribution in [-0.2, 0) is 32.5 Å². The van der Waals surface area contributed by atoms with Gasteiger partial charge in [-0.3, -0.25) is 4.99 Å². The zero-order valence-electron chi connectivity index (χ0n) is 14.4. The van der Waals surface area contributed by atoms with Crippen LogP contribution in [0.1, 0.15) is 47.7 Å². The van der Waals surface area contributed by atoms with E-state index in [1.54, 1.807) is 18.4 Å². The van der Waals surface area contributed by atoms with Gasteiger partial charge in [0, 0.05) is 31.1 Å². The second-order valence-corrected chi connectivity index (χ2v) is 7.05. The van der Waals surface area contributed by atoms with Gasteiger partial charge in [0.05, 0.1) is 13.1 Å². The first-order valence-electron chi connectivity index (χ1n) is 8.59. The van der Waals surface area contributed by atoms with E-state index in [2.05, 4.69) is 42.3 Å². The van der Waals surface area contributed by atoms with Crippen molar-refractivity contribution in [2.75, 3.05) is 7.05 Å². The topological polar surface area (TPSA) is 80.0 Å². The zero-order valence-corrected chi connectivity index (χ0v) is 15.2. The number of hydrogen-bond donors (Lipinski definition) is 2. The maximum Gasteiger partial charge on any atom is 0.191 e. The molecule has 0 saturated heterocycles. The lowest BCUT2D eigenvalue weighted by atomic mass is 10.2. The minimum atomic E-state index is 0.630. The minimum absolute atomic E-state index is 0.630. The highest BCUT2D eigenvalue weighted by atomic mass is 32.1. The van der Waals surface area contributed by atoms with Crippen LogP contribution >= 0.6 is 11.3 Å². The average Bonchev–Trinajstić information content (AvgIpc) is 3.15. The lowest BCUT2D eigenvalue weighted by molar-refractivity contribution is 0.596. The number of aromatic nitrogens is 4. The molecule has 0 unspecified atom stereocenters. The molecule has 1 aliphatic heterocycles. The van der Waals surface area contributed by atoms with Crippen LogP contribution in [0.3, 0.4) is 0 Å². The van der Waals surface area contributed by atoms with E-state index in [0.717, 1.165) is 42.0 Å². The van der Waals surface area contributed by atoms with Gasteiger partial charge in [-0.05, 0) is 19.3 Å². The summed E-state index contributed by atoms with van der Waals surface area (Å²) >= 11 is 1.74. The molecule has 130 valence electrons. The van der Waals surface area contributed by atoms with E-state index in [-0.39, 0.29) is 0 Å². The van der Waals surface area contributed by atoms with E-state index in [1.807, 2.05) is 6.20 Å². The van der Waals surface area contributed by atoms with Crippen molar-refractivity contribution in [3.8, 4) is 0 Å². The molecular weight excluding hydrogens is 322 g/mol. The fraction of sp³-hybridized carbons (Fsp3) is 0.625. The Kier molecular flexibility index (Phi) is 5.79. The molecule has 0 spiro atoms. The molecule has 2 aromatic heterocycles. The SMILES string of the molecule is CCc1cnc(CNC(=NC)NCc2nnc3n2CCCCC3)s1. The number of aryl methyl sites for hydroxylation is 2. The summed E-state index contributed by atoms with van der Waals surface area (Å²) in [4.78, 5) is 10.00. The highest BCUT2D eigenvalue weighted by Crippen LogP contribution is 2.14. The molecule has 0 saturated carbocycles. The molecule has 8 heteroatoms. The number of guanidine groups is 1. The van der Waals surface area contributed by atoms with Crippen LogP contribution in [0.15, 0.2) is 11.2 Å². The van der Waals surface area contributed by atoms with E-state index >= 15 is 0 Å². The third kappa shape index (κ3) is 4.11. The predicted molar refractivity (Wildman–Crippen MR) is 96.1 cm³/mol. The van der Waals surface area contributed by atoms with Crippen LogP contribution in [0, 0.1) is 0 Å². The molecule has 3 heterocycles. The number of fused-ring (bicyclic) bond motifs is 1. The van der Waals surface area contributed by atoms with Gasteiger partial charge < -0.3 is 15.2 Å². The number of aliphatic imine (C=N–C) groups is 1. The first-order chi connectivity index (χ1) is 11.8. The van der Waals surface area contributed by atoms with Gasteiger partial charge in [-0.2, -0.15) is 0 Å². The number of nitrogens with one attached hydrogen (secondary N) is 2. The Morgan fingerprint density at radius 1 is 1.25 bits per heavy atom. The summed E-state index contributed by atoms with van der Waals surface area (Å²) in [7, 11) is 1.78. The molecule has 2 aromatic rings. The first kappa shape index (κ1) is 16.9. The molecule has 1 aliphatic rings. The average molecular weight is 347 g/mol. The van der Waals surface area contributed by atoms with Crippen LogP contribution in [0.25, 0.3) is 0 Å². The normalized spacial score (nSPS) is 15.0. The number of hydrogen-bond acceptors (Lipinski definition) is 5. The Labute approximate surface area is 146 Å². The van der Waals surface area contributed by atoms with Gasteiger partial charge in [0.25, 0.3) is 0 Å². The molecule has 0 radical (unpaired) electrons. The summed E-state index contributed by atoms with van der Waals surface area (Å²) in [5, 5.41) is 16.4. The Bertz CT molecular complexity index is 688. The van der Waals surface area contributed by atoms with Crippen LogP contribution in [0.4, 0.5) is 0 Å². The van der Waals surface area contributed by atoms with Crippen LogP contribution in [0.5, 0.6) is 0 Å². The van der Waals surface area contributed by atoms with Gasteiger partial charge in [-0.25, -0.2) is 4.98 Å². The summed E-state index contributed by atoms with van der Waals surface area (Å²) < 4.78 is 2.25. The quantitative estimate of drug-likeness (QED) is 0.638. The second kappa shape index (κ2) is 8.23. The monoisotopic (exact) mass is 347 g/mol. The molecular formula is C16H25N7S. The van der Waals surface area contributed by atoms with E-state index in [9.17, 15) is 0 Å². The van der Waals surface area contributed by atoms with Crippen molar-refractivity contribution in [3.05, 3.63) is 27.7 Å². The lowest BCUT2D eigenvalue weighted by Crippen LogP contribution is -2.37. The van der Waals surface area contributed by atoms with Crippen molar-refractivity contribution >= 4 is 17.3 Å².